The van der Waals surface area contributed by atoms with E-state index in [4.69, 9.17) is 10.5 Å². The quantitative estimate of drug-likeness (QED) is 0.625. The second-order valence-corrected chi connectivity index (χ2v) is 3.79. The number of rotatable bonds is 8. The summed E-state index contributed by atoms with van der Waals surface area (Å²) in [5.41, 5.74) is 5.44. The highest BCUT2D eigenvalue weighted by molar-refractivity contribution is 5.71. The van der Waals surface area contributed by atoms with Crippen molar-refractivity contribution in [3.8, 4) is 11.5 Å². The van der Waals surface area contributed by atoms with Crippen LogP contribution in [0.2, 0.25) is 0 Å². The zero-order valence-electron chi connectivity index (χ0n) is 11.0. The van der Waals surface area contributed by atoms with Crippen molar-refractivity contribution in [1.82, 2.24) is 10.6 Å². The summed E-state index contributed by atoms with van der Waals surface area (Å²) < 4.78 is 34.2. The number of amides is 2. The molecule has 0 bridgehead atoms. The van der Waals surface area contributed by atoms with Crippen molar-refractivity contribution in [3.05, 3.63) is 23.8 Å². The number of benzene rings is 1. The summed E-state index contributed by atoms with van der Waals surface area (Å²) in [5.74, 6) is 0.236. The van der Waals surface area contributed by atoms with Crippen LogP contribution in [0.4, 0.5) is 13.6 Å². The van der Waals surface area contributed by atoms with Crippen LogP contribution in [0.5, 0.6) is 11.5 Å². The third kappa shape index (κ3) is 5.27. The number of alkyl halides is 2. The Morgan fingerprint density at radius 1 is 1.40 bits per heavy atom. The Balaban J connectivity index is 2.61. The predicted molar refractivity (Wildman–Crippen MR) is 68.9 cm³/mol. The second-order valence-electron chi connectivity index (χ2n) is 3.79. The molecule has 0 aliphatic heterocycles. The van der Waals surface area contributed by atoms with Crippen LogP contribution in [0.3, 0.4) is 0 Å². The Morgan fingerprint density at radius 2 is 2.15 bits per heavy atom. The summed E-state index contributed by atoms with van der Waals surface area (Å²) in [6.07, 6.45) is 0. The van der Waals surface area contributed by atoms with Gasteiger partial charge in [-0.1, -0.05) is 12.1 Å². The molecule has 0 fully saturated rings. The fourth-order valence-corrected chi connectivity index (χ4v) is 1.58. The first-order valence-corrected chi connectivity index (χ1v) is 5.89. The summed E-state index contributed by atoms with van der Waals surface area (Å²) in [6.45, 7) is -1.86. The molecule has 1 rings (SSSR count). The largest absolute Gasteiger partial charge is 0.493 e. The van der Waals surface area contributed by atoms with Crippen LogP contribution in [0.25, 0.3) is 0 Å². The van der Waals surface area contributed by atoms with E-state index >= 15 is 0 Å². The van der Waals surface area contributed by atoms with Crippen LogP contribution in [-0.2, 0) is 6.54 Å². The lowest BCUT2D eigenvalue weighted by Gasteiger charge is -2.14. The first-order chi connectivity index (χ1) is 9.54. The monoisotopic (exact) mass is 289 g/mol. The molecule has 2 amide bonds. The number of halogens is 2. The van der Waals surface area contributed by atoms with Gasteiger partial charge in [-0.15, -0.1) is 0 Å². The zero-order chi connectivity index (χ0) is 15.0. The smallest absolute Gasteiger partial charge is 0.387 e. The van der Waals surface area contributed by atoms with Crippen LogP contribution in [0.15, 0.2) is 18.2 Å². The Labute approximate surface area is 115 Å². The topological polar surface area (TPSA) is 85.6 Å². The van der Waals surface area contributed by atoms with Crippen molar-refractivity contribution in [2.24, 2.45) is 5.73 Å². The Morgan fingerprint density at radius 3 is 2.75 bits per heavy atom. The molecule has 0 aromatic heterocycles. The van der Waals surface area contributed by atoms with Gasteiger partial charge in [0.15, 0.2) is 11.5 Å². The van der Waals surface area contributed by atoms with E-state index in [0.29, 0.717) is 25.2 Å². The Kier molecular flexibility index (Phi) is 6.51. The van der Waals surface area contributed by atoms with E-state index in [1.54, 1.807) is 12.1 Å². The van der Waals surface area contributed by atoms with Crippen molar-refractivity contribution >= 4 is 6.03 Å². The molecule has 8 heteroatoms. The highest BCUT2D eigenvalue weighted by Crippen LogP contribution is 2.32. The first kappa shape index (κ1) is 16.0. The minimum atomic E-state index is -2.93. The van der Waals surface area contributed by atoms with E-state index in [9.17, 15) is 13.6 Å². The number of nitrogens with two attached hydrogens (primary N) is 1. The maximum Gasteiger partial charge on any atom is 0.387 e. The molecule has 0 radical (unpaired) electrons. The number of urea groups is 1. The van der Waals surface area contributed by atoms with Crippen molar-refractivity contribution in [2.75, 3.05) is 20.2 Å². The van der Waals surface area contributed by atoms with E-state index in [2.05, 4.69) is 15.4 Å². The highest BCUT2D eigenvalue weighted by atomic mass is 19.3. The number of hydrogen-bond donors (Lipinski definition) is 3. The van der Waals surface area contributed by atoms with Gasteiger partial charge in [0.1, 0.15) is 0 Å². The van der Waals surface area contributed by atoms with Gasteiger partial charge in [0.25, 0.3) is 0 Å². The highest BCUT2D eigenvalue weighted by Gasteiger charge is 2.14. The van der Waals surface area contributed by atoms with E-state index < -0.39 is 12.6 Å². The maximum absolute atomic E-state index is 12.4. The third-order valence-corrected chi connectivity index (χ3v) is 2.40. The predicted octanol–water partition coefficient (Wildman–Crippen LogP) is 1.05. The average molecular weight is 289 g/mol. The normalized spacial score (nSPS) is 10.4. The fourth-order valence-electron chi connectivity index (χ4n) is 1.58. The minimum Gasteiger partial charge on any atom is -0.493 e. The molecular weight excluding hydrogens is 272 g/mol. The number of primary amides is 1. The van der Waals surface area contributed by atoms with Gasteiger partial charge in [-0.05, 0) is 6.07 Å². The van der Waals surface area contributed by atoms with Crippen LogP contribution in [0, 0.1) is 0 Å². The minimum absolute atomic E-state index is 0.000334. The first-order valence-electron chi connectivity index (χ1n) is 5.89. The molecule has 0 saturated heterocycles. The molecule has 4 N–H and O–H groups in total. The van der Waals surface area contributed by atoms with Gasteiger partial charge in [-0.25, -0.2) is 4.79 Å². The number of ether oxygens (including phenoxy) is 2. The molecule has 1 aromatic rings. The summed E-state index contributed by atoms with van der Waals surface area (Å²) in [6, 6.07) is 4.25. The van der Waals surface area contributed by atoms with Crippen molar-refractivity contribution in [2.45, 2.75) is 13.2 Å². The van der Waals surface area contributed by atoms with Crippen LogP contribution < -0.4 is 25.8 Å². The van der Waals surface area contributed by atoms with Gasteiger partial charge in [0.2, 0.25) is 0 Å². The molecule has 0 unspecified atom stereocenters. The summed E-state index contributed by atoms with van der Waals surface area (Å²) >= 11 is 0. The van der Waals surface area contributed by atoms with Gasteiger partial charge < -0.3 is 25.8 Å². The molecule has 20 heavy (non-hydrogen) atoms. The van der Waals surface area contributed by atoms with E-state index in [0.717, 1.165) is 0 Å². The molecular formula is C12H17F2N3O3. The fraction of sp³-hybridized carbons (Fsp3) is 0.417. The molecule has 0 saturated carbocycles. The molecule has 1 aromatic carbocycles. The molecule has 0 aliphatic carbocycles. The lowest BCUT2D eigenvalue weighted by Crippen LogP contribution is -2.35. The van der Waals surface area contributed by atoms with Crippen LogP contribution >= 0.6 is 0 Å². The summed E-state index contributed by atoms with van der Waals surface area (Å²) in [7, 11) is 1.38. The SMILES string of the molecule is COc1cccc(CNCCNC(N)=O)c1OC(F)F. The second kappa shape index (κ2) is 8.16. The number of para-hydroxylation sites is 1. The van der Waals surface area contributed by atoms with Gasteiger partial charge in [0, 0.05) is 25.2 Å². The van der Waals surface area contributed by atoms with Gasteiger partial charge in [-0.3, -0.25) is 0 Å². The third-order valence-electron chi connectivity index (χ3n) is 2.40. The van der Waals surface area contributed by atoms with Gasteiger partial charge >= 0.3 is 12.6 Å². The zero-order valence-corrected chi connectivity index (χ0v) is 11.0. The van der Waals surface area contributed by atoms with E-state index in [-0.39, 0.29) is 11.5 Å². The number of hydrogen-bond acceptors (Lipinski definition) is 4. The molecule has 0 heterocycles. The Hall–Kier alpha value is -2.09. The number of nitrogens with one attached hydrogen (secondary N) is 2. The van der Waals surface area contributed by atoms with Crippen molar-refractivity contribution < 1.29 is 23.0 Å². The van der Waals surface area contributed by atoms with Crippen molar-refractivity contribution in [1.29, 1.82) is 0 Å². The lowest BCUT2D eigenvalue weighted by atomic mass is 10.2. The summed E-state index contributed by atoms with van der Waals surface area (Å²) in [4.78, 5) is 10.5. The van der Waals surface area contributed by atoms with E-state index in [1.165, 1.54) is 13.2 Å². The molecule has 112 valence electrons. The summed E-state index contributed by atoms with van der Waals surface area (Å²) in [5, 5.41) is 5.37. The number of carbonyl (C=O) groups is 1. The van der Waals surface area contributed by atoms with Crippen LogP contribution in [-0.4, -0.2) is 32.8 Å². The van der Waals surface area contributed by atoms with Gasteiger partial charge in [0.05, 0.1) is 7.11 Å². The Bertz CT molecular complexity index is 444. The van der Waals surface area contributed by atoms with Crippen LogP contribution in [0.1, 0.15) is 5.56 Å². The molecule has 0 aliphatic rings. The van der Waals surface area contributed by atoms with Crippen molar-refractivity contribution in [3.63, 3.8) is 0 Å². The molecule has 0 spiro atoms. The standard InChI is InChI=1S/C12H17F2N3O3/c1-19-9-4-2-3-8(10(9)20-11(13)14)7-16-5-6-17-12(15)18/h2-4,11,16H,5-7H2,1H3,(H3,15,17,18). The van der Waals surface area contributed by atoms with E-state index in [1.807, 2.05) is 0 Å². The molecule has 0 atom stereocenters. The average Bonchev–Trinajstić information content (AvgIpc) is 2.39. The van der Waals surface area contributed by atoms with Gasteiger partial charge in [-0.2, -0.15) is 8.78 Å². The number of methoxy groups -OCH3 is 1. The number of carbonyl (C=O) groups excluding carboxylic acids is 1. The molecule has 6 nitrogen and oxygen atoms in total. The lowest BCUT2D eigenvalue weighted by molar-refractivity contribution is -0.0518. The maximum atomic E-state index is 12.4.